The monoisotopic (exact) mass is 224 g/mol. The summed E-state index contributed by atoms with van der Waals surface area (Å²) in [6, 6.07) is 7.91. The Morgan fingerprint density at radius 1 is 1.21 bits per heavy atom. The average molecular weight is 224 g/mol. The van der Waals surface area contributed by atoms with Crippen molar-refractivity contribution in [2.45, 2.75) is 0 Å². The second kappa shape index (κ2) is 4.26. The molecule has 2 aromatic rings. The van der Waals surface area contributed by atoms with E-state index in [1.165, 1.54) is 0 Å². The minimum absolute atomic E-state index is 0.551. The van der Waals surface area contributed by atoms with Gasteiger partial charge >= 0.3 is 5.96 Å². The number of hydrogen-bond acceptors (Lipinski definition) is 2. The molecule has 0 aromatic carbocycles. The highest BCUT2D eigenvalue weighted by molar-refractivity contribution is 7.14. The van der Waals surface area contributed by atoms with E-state index in [0.29, 0.717) is 5.96 Å². The first-order valence-corrected chi connectivity index (χ1v) is 5.84. The summed E-state index contributed by atoms with van der Waals surface area (Å²) in [5.41, 5.74) is 5.76. The zero-order valence-electron chi connectivity index (χ0n) is 7.36. The average Bonchev–Trinajstić information content (AvgIpc) is 2.76. The molecule has 5 heteroatoms. The summed E-state index contributed by atoms with van der Waals surface area (Å²) in [6.45, 7) is 0. The fourth-order valence-electron chi connectivity index (χ4n) is 0.996. The third-order valence-electron chi connectivity index (χ3n) is 1.56. The summed E-state index contributed by atoms with van der Waals surface area (Å²) in [7, 11) is 0. The van der Waals surface area contributed by atoms with Crippen molar-refractivity contribution in [3.8, 4) is 0 Å². The molecule has 14 heavy (non-hydrogen) atoms. The molecule has 0 bridgehead atoms. The third-order valence-corrected chi connectivity index (χ3v) is 3.13. The predicted molar refractivity (Wildman–Crippen MR) is 62.1 cm³/mol. The molecular weight excluding hydrogens is 214 g/mol. The Bertz CT molecular complexity index is 403. The van der Waals surface area contributed by atoms with Gasteiger partial charge in [0.25, 0.3) is 0 Å². The third kappa shape index (κ3) is 2.34. The van der Waals surface area contributed by atoms with E-state index in [9.17, 15) is 0 Å². The first kappa shape index (κ1) is 9.23. The quantitative estimate of drug-likeness (QED) is 0.525. The van der Waals surface area contributed by atoms with Crippen LogP contribution in [0, 0.1) is 0 Å². The molecule has 0 aliphatic carbocycles. The molecule has 0 spiro atoms. The molecule has 3 nitrogen and oxygen atoms in total. The van der Waals surface area contributed by atoms with Gasteiger partial charge in [0.1, 0.15) is 0 Å². The van der Waals surface area contributed by atoms with Crippen LogP contribution in [0.4, 0.5) is 10.0 Å². The number of nitrogens with two attached hydrogens (primary N) is 1. The summed E-state index contributed by atoms with van der Waals surface area (Å²) >= 11 is 3.23. The number of hydrogen-bond donors (Lipinski definition) is 3. The smallest absolute Gasteiger partial charge is 0.290 e. The summed E-state index contributed by atoms with van der Waals surface area (Å²) in [6.07, 6.45) is 0. The van der Waals surface area contributed by atoms with Crippen molar-refractivity contribution in [3.63, 3.8) is 0 Å². The maximum absolute atomic E-state index is 5.76. The van der Waals surface area contributed by atoms with Gasteiger partial charge in [-0.1, -0.05) is 0 Å². The van der Waals surface area contributed by atoms with Crippen molar-refractivity contribution in [3.05, 3.63) is 35.0 Å². The van der Waals surface area contributed by atoms with Gasteiger partial charge in [0.05, 0.1) is 0 Å². The Hall–Kier alpha value is -1.33. The van der Waals surface area contributed by atoms with Gasteiger partial charge < -0.3 is 0 Å². The van der Waals surface area contributed by atoms with Crippen LogP contribution in [-0.2, 0) is 0 Å². The van der Waals surface area contributed by atoms with Crippen LogP contribution in [0.5, 0.6) is 0 Å². The molecule has 0 fully saturated rings. The highest BCUT2D eigenvalue weighted by Gasteiger charge is 2.02. The van der Waals surface area contributed by atoms with E-state index >= 15 is 0 Å². The maximum Gasteiger partial charge on any atom is 0.352 e. The Kier molecular flexibility index (Phi) is 2.81. The van der Waals surface area contributed by atoms with E-state index in [1.807, 2.05) is 35.0 Å². The van der Waals surface area contributed by atoms with Crippen LogP contribution in [-0.4, -0.2) is 5.96 Å². The van der Waals surface area contributed by atoms with Crippen molar-refractivity contribution in [2.75, 3.05) is 5.32 Å². The van der Waals surface area contributed by atoms with Gasteiger partial charge in [0.15, 0.2) is 10.0 Å². The molecule has 0 saturated carbocycles. The topological polar surface area (TPSA) is 52.0 Å². The summed E-state index contributed by atoms with van der Waals surface area (Å²) in [5, 5.41) is 9.14. The molecule has 2 heterocycles. The molecule has 0 radical (unpaired) electrons. The Balaban J connectivity index is 2.06. The fourth-order valence-corrected chi connectivity index (χ4v) is 2.26. The summed E-state index contributed by atoms with van der Waals surface area (Å²) < 4.78 is 0. The Labute approximate surface area is 89.9 Å². The number of nitrogens with one attached hydrogen (secondary N) is 2. The van der Waals surface area contributed by atoms with Gasteiger partial charge in [-0.25, -0.2) is 10.3 Å². The van der Waals surface area contributed by atoms with Crippen LogP contribution >= 0.6 is 22.7 Å². The molecule has 0 amide bonds. The zero-order valence-corrected chi connectivity index (χ0v) is 8.99. The zero-order chi connectivity index (χ0) is 9.80. The first-order valence-electron chi connectivity index (χ1n) is 4.08. The molecular formula is C9H10N3S2+. The molecule has 0 atom stereocenters. The van der Waals surface area contributed by atoms with Crippen molar-refractivity contribution < 1.29 is 4.99 Å². The van der Waals surface area contributed by atoms with Crippen LogP contribution in [0.15, 0.2) is 35.0 Å². The van der Waals surface area contributed by atoms with Crippen molar-refractivity contribution in [2.24, 2.45) is 5.73 Å². The lowest BCUT2D eigenvalue weighted by Crippen LogP contribution is -2.71. The van der Waals surface area contributed by atoms with E-state index in [-0.39, 0.29) is 0 Å². The maximum atomic E-state index is 5.76. The number of rotatable bonds is 2. The lowest BCUT2D eigenvalue weighted by molar-refractivity contribution is -0.349. The molecule has 0 unspecified atom stereocenters. The van der Waals surface area contributed by atoms with Gasteiger partial charge in [0.2, 0.25) is 0 Å². The Morgan fingerprint density at radius 3 is 2.64 bits per heavy atom. The van der Waals surface area contributed by atoms with Crippen LogP contribution in [0.1, 0.15) is 0 Å². The van der Waals surface area contributed by atoms with Crippen molar-refractivity contribution >= 4 is 38.6 Å². The molecule has 72 valence electrons. The standard InChI is InChI=1S/C9H9N3S2/c10-9(11-7-3-1-5-13-7)12-8-4-2-6-14-8/h1-6H,(H3,10,11,12)/p+1. The SMILES string of the molecule is N/C(Nc1cccs1)=[NH+]\c1cccs1. The van der Waals surface area contributed by atoms with Gasteiger partial charge in [-0.05, 0) is 35.0 Å². The number of guanidine groups is 1. The van der Waals surface area contributed by atoms with E-state index < -0.39 is 0 Å². The van der Waals surface area contributed by atoms with Crippen LogP contribution in [0.25, 0.3) is 0 Å². The second-order valence-corrected chi connectivity index (χ2v) is 4.51. The van der Waals surface area contributed by atoms with Crippen LogP contribution < -0.4 is 16.0 Å². The van der Waals surface area contributed by atoms with E-state index in [1.54, 1.807) is 22.7 Å². The molecule has 0 aliphatic rings. The highest BCUT2D eigenvalue weighted by Crippen LogP contribution is 2.13. The summed E-state index contributed by atoms with van der Waals surface area (Å²) in [4.78, 5) is 3.07. The Morgan fingerprint density at radius 2 is 2.00 bits per heavy atom. The van der Waals surface area contributed by atoms with Crippen LogP contribution in [0.3, 0.4) is 0 Å². The summed E-state index contributed by atoms with van der Waals surface area (Å²) in [5.74, 6) is 0.551. The van der Waals surface area contributed by atoms with E-state index in [0.717, 1.165) is 10.0 Å². The highest BCUT2D eigenvalue weighted by atomic mass is 32.1. The minimum atomic E-state index is 0.551. The normalized spacial score (nSPS) is 11.6. The fraction of sp³-hybridized carbons (Fsp3) is 0. The van der Waals surface area contributed by atoms with Gasteiger partial charge in [-0.2, -0.15) is 0 Å². The lowest BCUT2D eigenvalue weighted by Gasteiger charge is -1.93. The van der Waals surface area contributed by atoms with E-state index in [4.69, 9.17) is 5.73 Å². The molecule has 0 saturated heterocycles. The predicted octanol–water partition coefficient (Wildman–Crippen LogP) is 0.948. The van der Waals surface area contributed by atoms with Crippen molar-refractivity contribution in [1.82, 2.24) is 0 Å². The second-order valence-electron chi connectivity index (χ2n) is 2.62. The van der Waals surface area contributed by atoms with Crippen LogP contribution in [0.2, 0.25) is 0 Å². The molecule has 4 N–H and O–H groups in total. The molecule has 2 rings (SSSR count). The largest absolute Gasteiger partial charge is 0.352 e. The van der Waals surface area contributed by atoms with Gasteiger partial charge in [-0.3, -0.25) is 5.73 Å². The first-order chi connectivity index (χ1) is 6.84. The number of thiophene rings is 2. The molecule has 0 aliphatic heterocycles. The van der Waals surface area contributed by atoms with Gasteiger partial charge in [-0.15, -0.1) is 22.7 Å². The van der Waals surface area contributed by atoms with Crippen molar-refractivity contribution in [1.29, 1.82) is 0 Å². The minimum Gasteiger partial charge on any atom is -0.290 e. The lowest BCUT2D eigenvalue weighted by atomic mass is 10.6. The number of anilines is 1. The molecule has 2 aromatic heterocycles. The van der Waals surface area contributed by atoms with E-state index in [2.05, 4.69) is 10.3 Å². The van der Waals surface area contributed by atoms with Gasteiger partial charge in [0, 0.05) is 0 Å².